The van der Waals surface area contributed by atoms with Crippen LogP contribution in [-0.2, 0) is 4.79 Å². The zero-order valence-electron chi connectivity index (χ0n) is 16.5. The van der Waals surface area contributed by atoms with Crippen molar-refractivity contribution < 1.29 is 19.4 Å². The summed E-state index contributed by atoms with van der Waals surface area (Å²) in [5, 5.41) is 16.5. The van der Waals surface area contributed by atoms with Gasteiger partial charge < -0.3 is 19.6 Å². The molecule has 2 heterocycles. The molecule has 10 nitrogen and oxygen atoms in total. The number of likely N-dealkylation sites (N-methyl/N-ethyl adjacent to an activating group) is 1. The van der Waals surface area contributed by atoms with Gasteiger partial charge in [0.15, 0.2) is 23.7 Å². The highest BCUT2D eigenvalue weighted by Gasteiger charge is 2.48. The molecule has 3 amide bonds. The number of carbonyl (C=O) groups is 2. The SMILES string of the molecule is COc1cc(/C=N\NC2=NC3C(C(=O)NC(=O)N3C)N2CC(C)C)cc(Br)c1O. The number of aromatic hydroxyl groups is 1. The number of methoxy groups -OCH3 is 1. The average Bonchev–Trinajstić information content (AvgIpc) is 3.01. The molecule has 0 aliphatic carbocycles. The number of urea groups is 1. The van der Waals surface area contributed by atoms with E-state index in [0.717, 1.165) is 0 Å². The maximum atomic E-state index is 12.4. The van der Waals surface area contributed by atoms with Gasteiger partial charge in [0.05, 0.1) is 17.8 Å². The fourth-order valence-corrected chi connectivity index (χ4v) is 3.66. The summed E-state index contributed by atoms with van der Waals surface area (Å²) in [5.41, 5.74) is 3.55. The predicted molar refractivity (Wildman–Crippen MR) is 111 cm³/mol. The van der Waals surface area contributed by atoms with Crippen molar-refractivity contribution in [3.8, 4) is 11.5 Å². The van der Waals surface area contributed by atoms with Crippen LogP contribution in [0.4, 0.5) is 4.79 Å². The quantitative estimate of drug-likeness (QED) is 0.444. The van der Waals surface area contributed by atoms with Crippen molar-refractivity contribution in [1.29, 1.82) is 0 Å². The number of hydrazone groups is 1. The monoisotopic (exact) mass is 466 g/mol. The summed E-state index contributed by atoms with van der Waals surface area (Å²) >= 11 is 3.27. The molecule has 29 heavy (non-hydrogen) atoms. The highest BCUT2D eigenvalue weighted by atomic mass is 79.9. The van der Waals surface area contributed by atoms with Crippen LogP contribution in [0.3, 0.4) is 0 Å². The van der Waals surface area contributed by atoms with E-state index in [-0.39, 0.29) is 17.6 Å². The smallest absolute Gasteiger partial charge is 0.325 e. The Labute approximate surface area is 176 Å². The number of guanidine groups is 1. The van der Waals surface area contributed by atoms with Crippen LogP contribution >= 0.6 is 15.9 Å². The van der Waals surface area contributed by atoms with Crippen molar-refractivity contribution in [2.24, 2.45) is 16.0 Å². The molecule has 156 valence electrons. The Hall–Kier alpha value is -2.82. The van der Waals surface area contributed by atoms with Gasteiger partial charge in [0, 0.05) is 13.6 Å². The summed E-state index contributed by atoms with van der Waals surface area (Å²) in [5.74, 6) is 0.603. The Morgan fingerprint density at radius 1 is 1.45 bits per heavy atom. The summed E-state index contributed by atoms with van der Waals surface area (Å²) in [4.78, 5) is 32.1. The number of phenols is 1. The molecule has 1 aromatic carbocycles. The van der Waals surface area contributed by atoms with E-state index in [0.29, 0.717) is 28.3 Å². The molecule has 11 heteroatoms. The van der Waals surface area contributed by atoms with E-state index in [1.165, 1.54) is 12.0 Å². The number of nitrogens with zero attached hydrogens (tertiary/aromatic N) is 4. The number of imide groups is 1. The van der Waals surface area contributed by atoms with Gasteiger partial charge in [-0.05, 0) is 39.5 Å². The van der Waals surface area contributed by atoms with E-state index in [2.05, 4.69) is 36.8 Å². The van der Waals surface area contributed by atoms with Gasteiger partial charge in [-0.15, -0.1) is 0 Å². The predicted octanol–water partition coefficient (Wildman–Crippen LogP) is 1.29. The molecule has 0 radical (unpaired) electrons. The number of aliphatic imine (C=N–C) groups is 1. The average molecular weight is 467 g/mol. The molecule has 2 atom stereocenters. The molecule has 0 aromatic heterocycles. The van der Waals surface area contributed by atoms with Gasteiger partial charge in [0.1, 0.15) is 0 Å². The lowest BCUT2D eigenvalue weighted by atomic mass is 10.1. The van der Waals surface area contributed by atoms with Crippen LogP contribution in [-0.4, -0.2) is 71.9 Å². The van der Waals surface area contributed by atoms with E-state index in [1.807, 2.05) is 18.7 Å². The third kappa shape index (κ3) is 4.14. The van der Waals surface area contributed by atoms with Crippen molar-refractivity contribution >= 4 is 40.0 Å². The number of hydrogen-bond acceptors (Lipinski definition) is 8. The second kappa shape index (κ2) is 8.27. The molecule has 1 aromatic rings. The Morgan fingerprint density at radius 2 is 2.17 bits per heavy atom. The van der Waals surface area contributed by atoms with Crippen LogP contribution < -0.4 is 15.5 Å². The molecule has 1 saturated heterocycles. The third-order valence-corrected chi connectivity index (χ3v) is 5.18. The summed E-state index contributed by atoms with van der Waals surface area (Å²) < 4.78 is 5.60. The third-order valence-electron chi connectivity index (χ3n) is 4.57. The Kier molecular flexibility index (Phi) is 5.96. The van der Waals surface area contributed by atoms with E-state index in [4.69, 9.17) is 4.74 Å². The number of amides is 3. The van der Waals surface area contributed by atoms with Crippen LogP contribution in [0.1, 0.15) is 19.4 Å². The first-order chi connectivity index (χ1) is 13.7. The lowest BCUT2D eigenvalue weighted by Crippen LogP contribution is -2.64. The van der Waals surface area contributed by atoms with Gasteiger partial charge in [-0.25, -0.2) is 15.2 Å². The maximum absolute atomic E-state index is 12.4. The minimum atomic E-state index is -0.615. The van der Waals surface area contributed by atoms with Gasteiger partial charge in [0.25, 0.3) is 5.91 Å². The maximum Gasteiger partial charge on any atom is 0.325 e. The topological polar surface area (TPSA) is 119 Å². The van der Waals surface area contributed by atoms with Gasteiger partial charge in [-0.2, -0.15) is 5.10 Å². The summed E-state index contributed by atoms with van der Waals surface area (Å²) in [6.45, 7) is 4.63. The van der Waals surface area contributed by atoms with E-state index in [1.54, 1.807) is 25.4 Å². The Balaban J connectivity index is 1.83. The summed E-state index contributed by atoms with van der Waals surface area (Å²) in [7, 11) is 3.06. The molecule has 0 spiro atoms. The number of halogens is 1. The molecule has 0 saturated carbocycles. The zero-order chi connectivity index (χ0) is 21.3. The van der Waals surface area contributed by atoms with E-state index in [9.17, 15) is 14.7 Å². The zero-order valence-corrected chi connectivity index (χ0v) is 18.1. The Bertz CT molecular complexity index is 887. The van der Waals surface area contributed by atoms with Gasteiger partial charge in [-0.1, -0.05) is 13.8 Å². The molecule has 1 fully saturated rings. The van der Waals surface area contributed by atoms with Crippen molar-refractivity contribution in [2.45, 2.75) is 26.1 Å². The van der Waals surface area contributed by atoms with Gasteiger partial charge >= 0.3 is 6.03 Å². The minimum Gasteiger partial charge on any atom is -0.503 e. The van der Waals surface area contributed by atoms with Crippen LogP contribution in [0.2, 0.25) is 0 Å². The minimum absolute atomic E-state index is 0.00341. The number of rotatable bonds is 5. The van der Waals surface area contributed by atoms with Crippen molar-refractivity contribution in [2.75, 3.05) is 20.7 Å². The van der Waals surface area contributed by atoms with Crippen LogP contribution in [0, 0.1) is 5.92 Å². The van der Waals surface area contributed by atoms with Crippen molar-refractivity contribution in [1.82, 2.24) is 20.5 Å². The van der Waals surface area contributed by atoms with Crippen LogP contribution in [0.5, 0.6) is 11.5 Å². The largest absolute Gasteiger partial charge is 0.503 e. The lowest BCUT2D eigenvalue weighted by molar-refractivity contribution is -0.127. The van der Waals surface area contributed by atoms with Crippen LogP contribution in [0.25, 0.3) is 0 Å². The molecule has 3 N–H and O–H groups in total. The fraction of sp³-hybridized carbons (Fsp3) is 0.444. The van der Waals surface area contributed by atoms with Crippen molar-refractivity contribution in [3.05, 3.63) is 22.2 Å². The normalized spacial score (nSPS) is 21.5. The molecule has 2 aliphatic heterocycles. The highest BCUT2D eigenvalue weighted by molar-refractivity contribution is 9.10. The first-order valence-electron chi connectivity index (χ1n) is 9.00. The number of phenolic OH excluding ortho intramolecular Hbond substituents is 1. The van der Waals surface area contributed by atoms with Crippen molar-refractivity contribution in [3.63, 3.8) is 0 Å². The fourth-order valence-electron chi connectivity index (χ4n) is 3.20. The molecular weight excluding hydrogens is 444 g/mol. The summed E-state index contributed by atoms with van der Waals surface area (Å²) in [6.07, 6.45) is 0.926. The number of nitrogens with one attached hydrogen (secondary N) is 2. The highest BCUT2D eigenvalue weighted by Crippen LogP contribution is 2.34. The number of carbonyl (C=O) groups excluding carboxylic acids is 2. The summed E-state index contributed by atoms with van der Waals surface area (Å²) in [6, 6.07) is 2.23. The molecule has 2 unspecified atom stereocenters. The Morgan fingerprint density at radius 3 is 2.83 bits per heavy atom. The second-order valence-corrected chi connectivity index (χ2v) is 8.04. The standard InChI is InChI=1S/C18H23BrN6O4/c1-9(2)8-25-13-15(24(3)18(28)22-16(13)27)21-17(25)23-20-7-10-5-11(19)14(26)12(6-10)29-4/h5-7,9,13,15,26H,8H2,1-4H3,(H,21,23)(H,22,27,28)/b20-7-. The molecule has 2 aliphatic rings. The van der Waals surface area contributed by atoms with Crippen LogP contribution in [0.15, 0.2) is 26.7 Å². The number of fused-ring (bicyclic) bond motifs is 1. The molecule has 3 rings (SSSR count). The first kappa shape index (κ1) is 20.9. The molecule has 0 bridgehead atoms. The lowest BCUT2D eigenvalue weighted by Gasteiger charge is -2.36. The van der Waals surface area contributed by atoms with Gasteiger partial charge in [-0.3, -0.25) is 10.1 Å². The number of benzene rings is 1. The van der Waals surface area contributed by atoms with E-state index >= 15 is 0 Å². The molecular formula is C18H23BrN6O4. The van der Waals surface area contributed by atoms with Gasteiger partial charge in [0.2, 0.25) is 5.96 Å². The second-order valence-electron chi connectivity index (χ2n) is 7.19. The van der Waals surface area contributed by atoms with E-state index < -0.39 is 18.2 Å². The first-order valence-corrected chi connectivity index (χ1v) is 9.80. The number of ether oxygens (including phenoxy) is 1. The number of hydrogen-bond donors (Lipinski definition) is 3.